The first-order valence-corrected chi connectivity index (χ1v) is 7.25. The van der Waals surface area contributed by atoms with Gasteiger partial charge in [-0.05, 0) is 12.0 Å². The number of imide groups is 1. The van der Waals surface area contributed by atoms with E-state index in [0.717, 1.165) is 5.56 Å². The van der Waals surface area contributed by atoms with Crippen LogP contribution < -0.4 is 5.32 Å². The van der Waals surface area contributed by atoms with Crippen LogP contribution in [0.25, 0.3) is 0 Å². The third-order valence-electron chi connectivity index (χ3n) is 2.52. The molecule has 5 heteroatoms. The summed E-state index contributed by atoms with van der Waals surface area (Å²) in [7, 11) is 0. The first kappa shape index (κ1) is 15.7. The smallest absolute Gasteiger partial charge is 0.236 e. The molecule has 0 radical (unpaired) electrons. The molecule has 0 aliphatic heterocycles. The van der Waals surface area contributed by atoms with Crippen LogP contribution in [0.4, 0.5) is 0 Å². The zero-order valence-corrected chi connectivity index (χ0v) is 11.8. The van der Waals surface area contributed by atoms with Crippen molar-refractivity contribution in [1.82, 2.24) is 5.32 Å². The molecule has 2 amide bonds. The second kappa shape index (κ2) is 8.72. The number of carbonyl (C=O) groups is 2. The minimum absolute atomic E-state index is 0.114. The summed E-state index contributed by atoms with van der Waals surface area (Å²) < 4.78 is 0. The van der Waals surface area contributed by atoms with E-state index in [9.17, 15) is 9.59 Å². The predicted molar refractivity (Wildman–Crippen MR) is 76.9 cm³/mol. The SMILES string of the molecule is CC(CCO)SCC(=O)NC(=O)Cc1ccccc1. The monoisotopic (exact) mass is 281 g/mol. The average Bonchev–Trinajstić information content (AvgIpc) is 2.38. The summed E-state index contributed by atoms with van der Waals surface area (Å²) in [6.07, 6.45) is 0.860. The van der Waals surface area contributed by atoms with Gasteiger partial charge in [-0.2, -0.15) is 0 Å². The zero-order valence-electron chi connectivity index (χ0n) is 11.0. The van der Waals surface area contributed by atoms with E-state index < -0.39 is 0 Å². The quantitative estimate of drug-likeness (QED) is 0.792. The molecule has 1 aromatic carbocycles. The van der Waals surface area contributed by atoms with Crippen molar-refractivity contribution in [3.05, 3.63) is 35.9 Å². The van der Waals surface area contributed by atoms with Crippen molar-refractivity contribution in [2.24, 2.45) is 0 Å². The average molecular weight is 281 g/mol. The van der Waals surface area contributed by atoms with Gasteiger partial charge in [0.25, 0.3) is 0 Å². The van der Waals surface area contributed by atoms with E-state index >= 15 is 0 Å². The number of thioether (sulfide) groups is 1. The number of hydrogen-bond donors (Lipinski definition) is 2. The number of aliphatic hydroxyl groups is 1. The van der Waals surface area contributed by atoms with Crippen LogP contribution in [0.2, 0.25) is 0 Å². The number of hydrogen-bond acceptors (Lipinski definition) is 4. The van der Waals surface area contributed by atoms with Crippen molar-refractivity contribution in [1.29, 1.82) is 0 Å². The summed E-state index contributed by atoms with van der Waals surface area (Å²) in [5, 5.41) is 11.3. The second-order valence-corrected chi connectivity index (χ2v) is 5.69. The van der Waals surface area contributed by atoms with E-state index in [1.807, 2.05) is 37.3 Å². The van der Waals surface area contributed by atoms with Gasteiger partial charge in [-0.3, -0.25) is 14.9 Å². The number of aliphatic hydroxyl groups excluding tert-OH is 1. The molecule has 0 spiro atoms. The lowest BCUT2D eigenvalue weighted by Gasteiger charge is -2.09. The molecule has 0 aromatic heterocycles. The minimum atomic E-state index is -0.286. The van der Waals surface area contributed by atoms with Crippen molar-refractivity contribution in [3.8, 4) is 0 Å². The molecule has 0 fully saturated rings. The van der Waals surface area contributed by atoms with E-state index in [-0.39, 0.29) is 35.8 Å². The molecule has 19 heavy (non-hydrogen) atoms. The Labute approximate surface area is 117 Å². The largest absolute Gasteiger partial charge is 0.396 e. The molecular formula is C14H19NO3S. The van der Waals surface area contributed by atoms with Gasteiger partial charge in [0.1, 0.15) is 0 Å². The molecule has 0 heterocycles. The molecule has 0 saturated carbocycles. The Morgan fingerprint density at radius 2 is 1.95 bits per heavy atom. The number of carbonyl (C=O) groups excluding carboxylic acids is 2. The first-order valence-electron chi connectivity index (χ1n) is 6.21. The van der Waals surface area contributed by atoms with Gasteiger partial charge in [0.2, 0.25) is 11.8 Å². The normalized spacial score (nSPS) is 11.9. The highest BCUT2D eigenvalue weighted by Gasteiger charge is 2.10. The fourth-order valence-corrected chi connectivity index (χ4v) is 2.28. The van der Waals surface area contributed by atoms with Crippen LogP contribution in [0.5, 0.6) is 0 Å². The molecule has 0 aliphatic carbocycles. The van der Waals surface area contributed by atoms with Crippen molar-refractivity contribution in [2.45, 2.75) is 25.0 Å². The molecule has 104 valence electrons. The molecular weight excluding hydrogens is 262 g/mol. The number of benzene rings is 1. The van der Waals surface area contributed by atoms with Crippen molar-refractivity contribution < 1.29 is 14.7 Å². The Hall–Kier alpha value is -1.33. The van der Waals surface area contributed by atoms with Gasteiger partial charge in [0.15, 0.2) is 0 Å². The standard InChI is InChI=1S/C14H19NO3S/c1-11(7-8-16)19-10-14(18)15-13(17)9-12-5-3-2-4-6-12/h2-6,11,16H,7-10H2,1H3,(H,15,17,18). The van der Waals surface area contributed by atoms with Gasteiger partial charge in [0, 0.05) is 11.9 Å². The lowest BCUT2D eigenvalue weighted by atomic mass is 10.1. The van der Waals surface area contributed by atoms with Gasteiger partial charge in [-0.15, -0.1) is 11.8 Å². The molecule has 0 bridgehead atoms. The van der Waals surface area contributed by atoms with E-state index in [1.165, 1.54) is 11.8 Å². The van der Waals surface area contributed by atoms with Gasteiger partial charge in [-0.1, -0.05) is 37.3 Å². The summed E-state index contributed by atoms with van der Waals surface area (Å²) in [6.45, 7) is 2.06. The van der Waals surface area contributed by atoms with Crippen molar-refractivity contribution in [2.75, 3.05) is 12.4 Å². The van der Waals surface area contributed by atoms with Crippen LogP contribution in [0.15, 0.2) is 30.3 Å². The van der Waals surface area contributed by atoms with Gasteiger partial charge >= 0.3 is 0 Å². The first-order chi connectivity index (χ1) is 9.11. The minimum Gasteiger partial charge on any atom is -0.396 e. The Morgan fingerprint density at radius 1 is 1.26 bits per heavy atom. The molecule has 2 N–H and O–H groups in total. The number of rotatable bonds is 7. The van der Waals surface area contributed by atoms with E-state index in [2.05, 4.69) is 5.32 Å². The topological polar surface area (TPSA) is 66.4 Å². The molecule has 1 aromatic rings. The Morgan fingerprint density at radius 3 is 2.58 bits per heavy atom. The lowest BCUT2D eigenvalue weighted by Crippen LogP contribution is -2.33. The van der Waals surface area contributed by atoms with Crippen molar-refractivity contribution in [3.63, 3.8) is 0 Å². The van der Waals surface area contributed by atoms with Crippen LogP contribution in [0, 0.1) is 0 Å². The third kappa shape index (κ3) is 6.98. The van der Waals surface area contributed by atoms with Crippen LogP contribution in [0.3, 0.4) is 0 Å². The van der Waals surface area contributed by atoms with E-state index in [4.69, 9.17) is 5.11 Å². The van der Waals surface area contributed by atoms with E-state index in [0.29, 0.717) is 6.42 Å². The fourth-order valence-electron chi connectivity index (χ4n) is 1.50. The van der Waals surface area contributed by atoms with Crippen LogP contribution in [0.1, 0.15) is 18.9 Å². The molecule has 1 rings (SSSR count). The maximum absolute atomic E-state index is 11.6. The molecule has 0 aliphatic rings. The molecule has 0 saturated heterocycles. The Balaban J connectivity index is 2.26. The third-order valence-corrected chi connectivity index (χ3v) is 3.75. The van der Waals surface area contributed by atoms with Crippen LogP contribution in [-0.4, -0.2) is 34.5 Å². The molecule has 4 nitrogen and oxygen atoms in total. The summed E-state index contributed by atoms with van der Waals surface area (Å²) in [6, 6.07) is 9.30. The maximum atomic E-state index is 11.6. The summed E-state index contributed by atoms with van der Waals surface area (Å²) >= 11 is 1.43. The Bertz CT molecular complexity index is 408. The van der Waals surface area contributed by atoms with Crippen molar-refractivity contribution >= 4 is 23.6 Å². The second-order valence-electron chi connectivity index (χ2n) is 4.27. The van der Waals surface area contributed by atoms with Gasteiger partial charge in [-0.25, -0.2) is 0 Å². The summed E-state index contributed by atoms with van der Waals surface area (Å²) in [5.74, 6) is -0.329. The highest BCUT2D eigenvalue weighted by atomic mass is 32.2. The van der Waals surface area contributed by atoms with Gasteiger partial charge in [0.05, 0.1) is 12.2 Å². The zero-order chi connectivity index (χ0) is 14.1. The highest BCUT2D eigenvalue weighted by Crippen LogP contribution is 2.12. The van der Waals surface area contributed by atoms with Crippen LogP contribution >= 0.6 is 11.8 Å². The fraction of sp³-hybridized carbons (Fsp3) is 0.429. The molecule has 1 unspecified atom stereocenters. The number of amides is 2. The van der Waals surface area contributed by atoms with Gasteiger partial charge < -0.3 is 5.11 Å². The van der Waals surface area contributed by atoms with Crippen LogP contribution in [-0.2, 0) is 16.0 Å². The number of nitrogens with one attached hydrogen (secondary N) is 1. The highest BCUT2D eigenvalue weighted by molar-refractivity contribution is 8.00. The summed E-state index contributed by atoms with van der Waals surface area (Å²) in [4.78, 5) is 23.1. The summed E-state index contributed by atoms with van der Waals surface area (Å²) in [5.41, 5.74) is 0.883. The maximum Gasteiger partial charge on any atom is 0.236 e. The molecule has 1 atom stereocenters. The Kier molecular flexibility index (Phi) is 7.22. The van der Waals surface area contributed by atoms with E-state index in [1.54, 1.807) is 0 Å². The predicted octanol–water partition coefficient (Wildman–Crippen LogP) is 1.38. The lowest BCUT2D eigenvalue weighted by molar-refractivity contribution is -0.128.